The molecule has 1 fully saturated rings. The van der Waals surface area contributed by atoms with E-state index in [2.05, 4.69) is 4.90 Å². The van der Waals surface area contributed by atoms with Gasteiger partial charge in [0.2, 0.25) is 0 Å². The van der Waals surface area contributed by atoms with Gasteiger partial charge in [-0.25, -0.2) is 0 Å². The van der Waals surface area contributed by atoms with Crippen LogP contribution >= 0.6 is 0 Å². The number of methoxy groups -OCH3 is 1. The summed E-state index contributed by atoms with van der Waals surface area (Å²) in [4.78, 5) is 2.31. The summed E-state index contributed by atoms with van der Waals surface area (Å²) < 4.78 is 5.15. The second kappa shape index (κ2) is 5.32. The van der Waals surface area contributed by atoms with Crippen molar-refractivity contribution in [1.29, 1.82) is 0 Å². The monoisotopic (exact) mass is 221 g/mol. The molecule has 1 aliphatic heterocycles. The van der Waals surface area contributed by atoms with E-state index < -0.39 is 6.10 Å². The van der Waals surface area contributed by atoms with Crippen LogP contribution < -0.4 is 4.74 Å². The SMILES string of the molecule is COc1cccc(C(O)CN2CCCC2)c1. The Balaban J connectivity index is 1.98. The number of ether oxygens (including phenoxy) is 1. The van der Waals surface area contributed by atoms with Gasteiger partial charge in [0.1, 0.15) is 5.75 Å². The Labute approximate surface area is 96.6 Å². The van der Waals surface area contributed by atoms with Crippen LogP contribution in [0.1, 0.15) is 24.5 Å². The Morgan fingerprint density at radius 2 is 2.12 bits per heavy atom. The van der Waals surface area contributed by atoms with Gasteiger partial charge in [-0.15, -0.1) is 0 Å². The molecule has 1 unspecified atom stereocenters. The van der Waals surface area contributed by atoms with Gasteiger partial charge >= 0.3 is 0 Å². The lowest BCUT2D eigenvalue weighted by molar-refractivity contribution is 0.126. The molecule has 1 heterocycles. The summed E-state index contributed by atoms with van der Waals surface area (Å²) in [5, 5.41) is 10.1. The number of aliphatic hydroxyl groups excluding tert-OH is 1. The van der Waals surface area contributed by atoms with Gasteiger partial charge < -0.3 is 14.7 Å². The van der Waals surface area contributed by atoms with Crippen LogP contribution in [0.3, 0.4) is 0 Å². The van der Waals surface area contributed by atoms with Crippen LogP contribution in [-0.4, -0.2) is 36.8 Å². The van der Waals surface area contributed by atoms with Crippen molar-refractivity contribution in [2.75, 3.05) is 26.7 Å². The van der Waals surface area contributed by atoms with Crippen LogP contribution in [0.2, 0.25) is 0 Å². The number of benzene rings is 1. The van der Waals surface area contributed by atoms with Gasteiger partial charge in [0.15, 0.2) is 0 Å². The van der Waals surface area contributed by atoms with Crippen molar-refractivity contribution in [3.05, 3.63) is 29.8 Å². The first-order valence-corrected chi connectivity index (χ1v) is 5.84. The van der Waals surface area contributed by atoms with Crippen molar-refractivity contribution in [2.45, 2.75) is 18.9 Å². The minimum atomic E-state index is -0.409. The third-order valence-corrected chi connectivity index (χ3v) is 3.11. The molecule has 1 N–H and O–H groups in total. The van der Waals surface area contributed by atoms with Gasteiger partial charge in [0, 0.05) is 6.54 Å². The Bertz CT molecular complexity index is 334. The molecule has 0 saturated carbocycles. The summed E-state index contributed by atoms with van der Waals surface area (Å²) in [5.74, 6) is 0.804. The van der Waals surface area contributed by atoms with Crippen LogP contribution in [0.15, 0.2) is 24.3 Å². The van der Waals surface area contributed by atoms with Crippen LogP contribution in [0, 0.1) is 0 Å². The van der Waals surface area contributed by atoms with Gasteiger partial charge in [-0.1, -0.05) is 12.1 Å². The number of hydrogen-bond acceptors (Lipinski definition) is 3. The number of likely N-dealkylation sites (tertiary alicyclic amines) is 1. The van der Waals surface area contributed by atoms with E-state index in [0.717, 1.165) is 30.9 Å². The first-order chi connectivity index (χ1) is 7.79. The Hall–Kier alpha value is -1.06. The van der Waals surface area contributed by atoms with Crippen molar-refractivity contribution < 1.29 is 9.84 Å². The van der Waals surface area contributed by atoms with Crippen LogP contribution in [0.4, 0.5) is 0 Å². The summed E-state index contributed by atoms with van der Waals surface area (Å²) in [7, 11) is 1.64. The maximum Gasteiger partial charge on any atom is 0.119 e. The molecule has 1 saturated heterocycles. The minimum absolute atomic E-state index is 0.409. The molecule has 16 heavy (non-hydrogen) atoms. The maximum atomic E-state index is 10.1. The highest BCUT2D eigenvalue weighted by Crippen LogP contribution is 2.21. The Kier molecular flexibility index (Phi) is 3.80. The molecule has 3 heteroatoms. The average Bonchev–Trinajstić information content (AvgIpc) is 2.82. The standard InChI is InChI=1S/C13H19NO2/c1-16-12-6-4-5-11(9-12)13(15)10-14-7-2-3-8-14/h4-6,9,13,15H,2-3,7-8,10H2,1H3. The van der Waals surface area contributed by atoms with Crippen molar-refractivity contribution >= 4 is 0 Å². The second-order valence-electron chi connectivity index (χ2n) is 4.30. The van der Waals surface area contributed by atoms with Gasteiger partial charge in [-0.05, 0) is 43.6 Å². The number of rotatable bonds is 4. The highest BCUT2D eigenvalue weighted by molar-refractivity contribution is 5.29. The van der Waals surface area contributed by atoms with E-state index in [9.17, 15) is 5.11 Å². The fourth-order valence-electron chi connectivity index (χ4n) is 2.16. The molecule has 0 aromatic heterocycles. The van der Waals surface area contributed by atoms with E-state index in [4.69, 9.17) is 4.74 Å². The molecule has 1 aromatic carbocycles. The third-order valence-electron chi connectivity index (χ3n) is 3.11. The van der Waals surface area contributed by atoms with Crippen LogP contribution in [-0.2, 0) is 0 Å². The first kappa shape index (κ1) is 11.4. The average molecular weight is 221 g/mol. The highest BCUT2D eigenvalue weighted by atomic mass is 16.5. The quantitative estimate of drug-likeness (QED) is 0.842. The Morgan fingerprint density at radius 3 is 2.81 bits per heavy atom. The number of hydrogen-bond donors (Lipinski definition) is 1. The normalized spacial score (nSPS) is 18.6. The summed E-state index contributed by atoms with van der Waals surface area (Å²) in [6.45, 7) is 2.95. The predicted octanol–water partition coefficient (Wildman–Crippen LogP) is 1.82. The number of nitrogens with zero attached hydrogens (tertiary/aromatic N) is 1. The maximum absolute atomic E-state index is 10.1. The van der Waals surface area contributed by atoms with Crippen molar-refractivity contribution in [2.24, 2.45) is 0 Å². The molecule has 3 nitrogen and oxygen atoms in total. The largest absolute Gasteiger partial charge is 0.497 e. The molecule has 88 valence electrons. The fraction of sp³-hybridized carbons (Fsp3) is 0.538. The van der Waals surface area contributed by atoms with Crippen molar-refractivity contribution in [1.82, 2.24) is 4.90 Å². The highest BCUT2D eigenvalue weighted by Gasteiger charge is 2.17. The molecular formula is C13H19NO2. The van der Waals surface area contributed by atoms with E-state index in [0.29, 0.717) is 0 Å². The minimum Gasteiger partial charge on any atom is -0.497 e. The third kappa shape index (κ3) is 2.74. The Morgan fingerprint density at radius 1 is 1.38 bits per heavy atom. The van der Waals surface area contributed by atoms with E-state index in [1.54, 1.807) is 7.11 Å². The van der Waals surface area contributed by atoms with Gasteiger partial charge in [-0.3, -0.25) is 0 Å². The number of β-amino-alcohol motifs (C(OH)–C–C–N with tert-alkyl or cyclic N) is 1. The van der Waals surface area contributed by atoms with E-state index in [1.165, 1.54) is 12.8 Å². The summed E-state index contributed by atoms with van der Waals surface area (Å²) in [5.41, 5.74) is 0.936. The van der Waals surface area contributed by atoms with Crippen molar-refractivity contribution in [3.8, 4) is 5.75 Å². The molecule has 0 aliphatic carbocycles. The predicted molar refractivity (Wildman–Crippen MR) is 63.6 cm³/mol. The van der Waals surface area contributed by atoms with Crippen LogP contribution in [0.25, 0.3) is 0 Å². The van der Waals surface area contributed by atoms with E-state index in [-0.39, 0.29) is 0 Å². The molecule has 0 amide bonds. The lowest BCUT2D eigenvalue weighted by Gasteiger charge is -2.19. The van der Waals surface area contributed by atoms with Crippen molar-refractivity contribution in [3.63, 3.8) is 0 Å². The van der Waals surface area contributed by atoms with E-state index >= 15 is 0 Å². The zero-order valence-corrected chi connectivity index (χ0v) is 9.72. The van der Waals surface area contributed by atoms with Gasteiger partial charge in [0.05, 0.1) is 13.2 Å². The molecular weight excluding hydrogens is 202 g/mol. The number of aliphatic hydroxyl groups is 1. The molecule has 1 atom stereocenters. The fourth-order valence-corrected chi connectivity index (χ4v) is 2.16. The smallest absolute Gasteiger partial charge is 0.119 e. The summed E-state index contributed by atoms with van der Waals surface area (Å²) in [6, 6.07) is 7.66. The molecule has 0 radical (unpaired) electrons. The van der Waals surface area contributed by atoms with E-state index in [1.807, 2.05) is 24.3 Å². The topological polar surface area (TPSA) is 32.7 Å². The summed E-state index contributed by atoms with van der Waals surface area (Å²) in [6.07, 6.45) is 2.10. The molecule has 2 rings (SSSR count). The lowest BCUT2D eigenvalue weighted by Crippen LogP contribution is -2.25. The molecule has 0 spiro atoms. The zero-order valence-electron chi connectivity index (χ0n) is 9.72. The summed E-state index contributed by atoms with van der Waals surface area (Å²) >= 11 is 0. The van der Waals surface area contributed by atoms with Gasteiger partial charge in [0.25, 0.3) is 0 Å². The molecule has 1 aromatic rings. The molecule has 0 bridgehead atoms. The second-order valence-corrected chi connectivity index (χ2v) is 4.30. The first-order valence-electron chi connectivity index (χ1n) is 5.84. The van der Waals surface area contributed by atoms with Gasteiger partial charge in [-0.2, -0.15) is 0 Å². The lowest BCUT2D eigenvalue weighted by atomic mass is 10.1. The molecule has 1 aliphatic rings. The van der Waals surface area contributed by atoms with Crippen LogP contribution in [0.5, 0.6) is 5.75 Å². The zero-order chi connectivity index (χ0) is 11.4.